The van der Waals surface area contributed by atoms with Crippen molar-refractivity contribution < 1.29 is 9.53 Å². The zero-order valence-electron chi connectivity index (χ0n) is 7.68. The molecule has 11 heavy (non-hydrogen) atoms. The van der Waals surface area contributed by atoms with E-state index in [9.17, 15) is 4.79 Å². The zero-order valence-corrected chi connectivity index (χ0v) is 7.68. The fourth-order valence-corrected chi connectivity index (χ4v) is 0.752. The average Bonchev–Trinajstić information content (AvgIpc) is 1.98. The number of ether oxygens (including phenoxy) is 1. The van der Waals surface area contributed by atoms with Crippen molar-refractivity contribution in [2.75, 3.05) is 7.11 Å². The molecule has 2 heteroatoms. The van der Waals surface area contributed by atoms with Gasteiger partial charge in [0, 0.05) is 6.42 Å². The van der Waals surface area contributed by atoms with Gasteiger partial charge in [-0.15, -0.1) is 0 Å². The maximum Gasteiger partial charge on any atom is 0.196 e. The van der Waals surface area contributed by atoms with Crippen molar-refractivity contribution in [3.8, 4) is 0 Å². The lowest BCUT2D eigenvalue weighted by molar-refractivity contribution is -0.118. The Kier molecular flexibility index (Phi) is 4.59. The first-order valence-electron chi connectivity index (χ1n) is 3.90. The van der Waals surface area contributed by atoms with Crippen molar-refractivity contribution in [1.29, 1.82) is 0 Å². The van der Waals surface area contributed by atoms with E-state index in [0.717, 1.165) is 0 Å². The molecule has 0 saturated carbocycles. The van der Waals surface area contributed by atoms with Crippen LogP contribution in [0.15, 0.2) is 11.8 Å². The van der Waals surface area contributed by atoms with Crippen LogP contribution < -0.4 is 0 Å². The van der Waals surface area contributed by atoms with E-state index >= 15 is 0 Å². The minimum atomic E-state index is 0.0706. The van der Waals surface area contributed by atoms with E-state index in [4.69, 9.17) is 4.74 Å². The minimum absolute atomic E-state index is 0.0706. The topological polar surface area (TPSA) is 26.3 Å². The second-order valence-electron chi connectivity index (χ2n) is 2.76. The van der Waals surface area contributed by atoms with Crippen molar-refractivity contribution in [1.82, 2.24) is 0 Å². The van der Waals surface area contributed by atoms with Crippen molar-refractivity contribution >= 4 is 5.78 Å². The van der Waals surface area contributed by atoms with Crippen molar-refractivity contribution in [3.63, 3.8) is 0 Å². The molecule has 0 aliphatic rings. The van der Waals surface area contributed by atoms with Gasteiger partial charge in [-0.2, -0.15) is 0 Å². The van der Waals surface area contributed by atoms with E-state index in [0.29, 0.717) is 18.1 Å². The summed E-state index contributed by atoms with van der Waals surface area (Å²) in [5, 5.41) is 0. The van der Waals surface area contributed by atoms with Crippen molar-refractivity contribution in [3.05, 3.63) is 11.8 Å². The van der Waals surface area contributed by atoms with E-state index < -0.39 is 0 Å². The lowest BCUT2D eigenvalue weighted by Gasteiger charge is -2.04. The van der Waals surface area contributed by atoms with Crippen LogP contribution in [0.4, 0.5) is 0 Å². The lowest BCUT2D eigenvalue weighted by Crippen LogP contribution is -2.03. The Morgan fingerprint density at radius 1 is 1.55 bits per heavy atom. The van der Waals surface area contributed by atoms with Crippen LogP contribution in [0.3, 0.4) is 0 Å². The van der Waals surface area contributed by atoms with Crippen LogP contribution in [0.25, 0.3) is 0 Å². The predicted octanol–water partition coefficient (Wildman–Crippen LogP) is 2.15. The molecule has 64 valence electrons. The van der Waals surface area contributed by atoms with Gasteiger partial charge >= 0.3 is 0 Å². The molecule has 0 atom stereocenters. The molecule has 0 aromatic rings. The monoisotopic (exact) mass is 156 g/mol. The van der Waals surface area contributed by atoms with Gasteiger partial charge in [0.2, 0.25) is 0 Å². The Bertz CT molecular complexity index is 157. The number of methoxy groups -OCH3 is 1. The first-order valence-corrected chi connectivity index (χ1v) is 3.90. The van der Waals surface area contributed by atoms with Crippen molar-refractivity contribution in [2.45, 2.75) is 27.2 Å². The van der Waals surface area contributed by atoms with Gasteiger partial charge in [-0.3, -0.25) is 4.79 Å². The first-order chi connectivity index (χ1) is 5.11. The second kappa shape index (κ2) is 4.94. The molecule has 0 amide bonds. The molecule has 0 aliphatic carbocycles. The second-order valence-corrected chi connectivity index (χ2v) is 2.76. The molecule has 0 N–H and O–H groups in total. The summed E-state index contributed by atoms with van der Waals surface area (Å²) in [5.41, 5.74) is 0. The summed E-state index contributed by atoms with van der Waals surface area (Å²) >= 11 is 0. The number of allylic oxidation sites excluding steroid dienone is 2. The van der Waals surface area contributed by atoms with Gasteiger partial charge in [-0.25, -0.2) is 0 Å². The highest BCUT2D eigenvalue weighted by Crippen LogP contribution is 2.05. The molecule has 0 bridgehead atoms. The molecule has 0 radical (unpaired) electrons. The van der Waals surface area contributed by atoms with Gasteiger partial charge in [-0.05, 0) is 12.0 Å². The number of rotatable bonds is 4. The standard InChI is InChI=1S/C9H16O2/c1-5-8(10)9(11-4)6-7(2)3/h6-7H,5H2,1-4H3. The quantitative estimate of drug-likeness (QED) is 0.460. The van der Waals surface area contributed by atoms with Crippen LogP contribution in [-0.4, -0.2) is 12.9 Å². The maximum absolute atomic E-state index is 11.1. The molecule has 0 fully saturated rings. The predicted molar refractivity (Wildman–Crippen MR) is 45.2 cm³/mol. The molecule has 0 rings (SSSR count). The fourth-order valence-electron chi connectivity index (χ4n) is 0.752. The number of carbonyl (C=O) groups excluding carboxylic acids is 1. The SMILES string of the molecule is CCC(=O)C(=CC(C)C)OC. The van der Waals surface area contributed by atoms with E-state index in [1.165, 1.54) is 7.11 Å². The highest BCUT2D eigenvalue weighted by molar-refractivity contribution is 5.93. The smallest absolute Gasteiger partial charge is 0.196 e. The molecule has 0 aliphatic heterocycles. The van der Waals surface area contributed by atoms with Crippen LogP contribution in [-0.2, 0) is 9.53 Å². The summed E-state index contributed by atoms with van der Waals surface area (Å²) in [4.78, 5) is 11.1. The van der Waals surface area contributed by atoms with Gasteiger partial charge in [0.15, 0.2) is 11.5 Å². The van der Waals surface area contributed by atoms with Crippen LogP contribution in [0, 0.1) is 5.92 Å². The maximum atomic E-state index is 11.1. The van der Waals surface area contributed by atoms with E-state index in [1.54, 1.807) is 0 Å². The van der Waals surface area contributed by atoms with Crippen LogP contribution in [0.5, 0.6) is 0 Å². The molecule has 0 spiro atoms. The molecule has 0 aromatic heterocycles. The number of hydrogen-bond donors (Lipinski definition) is 0. The average molecular weight is 156 g/mol. The molecule has 2 nitrogen and oxygen atoms in total. The number of carbonyl (C=O) groups is 1. The summed E-state index contributed by atoms with van der Waals surface area (Å²) in [6.45, 7) is 5.86. The molecule has 0 heterocycles. The molecule has 0 unspecified atom stereocenters. The van der Waals surface area contributed by atoms with Gasteiger partial charge < -0.3 is 4.74 Å². The number of Topliss-reactive ketones (excluding diaryl/α,β-unsaturated/α-hetero) is 1. The van der Waals surface area contributed by atoms with E-state index in [2.05, 4.69) is 0 Å². The molecule has 0 saturated heterocycles. The Morgan fingerprint density at radius 3 is 2.36 bits per heavy atom. The fraction of sp³-hybridized carbons (Fsp3) is 0.667. The minimum Gasteiger partial charge on any atom is -0.493 e. The highest BCUT2D eigenvalue weighted by atomic mass is 16.5. The summed E-state index contributed by atoms with van der Waals surface area (Å²) in [6, 6.07) is 0. The van der Waals surface area contributed by atoms with Crippen LogP contribution >= 0.6 is 0 Å². The highest BCUT2D eigenvalue weighted by Gasteiger charge is 2.06. The van der Waals surface area contributed by atoms with E-state index in [1.807, 2.05) is 26.8 Å². The molecule has 0 aromatic carbocycles. The largest absolute Gasteiger partial charge is 0.493 e. The Hall–Kier alpha value is -0.790. The Morgan fingerprint density at radius 2 is 2.09 bits per heavy atom. The first kappa shape index (κ1) is 10.2. The summed E-state index contributed by atoms with van der Waals surface area (Å²) in [5.74, 6) is 0.921. The zero-order chi connectivity index (χ0) is 8.85. The van der Waals surface area contributed by atoms with Crippen LogP contribution in [0.1, 0.15) is 27.2 Å². The summed E-state index contributed by atoms with van der Waals surface area (Å²) < 4.78 is 4.93. The number of hydrogen-bond acceptors (Lipinski definition) is 2. The summed E-state index contributed by atoms with van der Waals surface area (Å²) in [7, 11) is 1.53. The Balaban J connectivity index is 4.27. The van der Waals surface area contributed by atoms with Gasteiger partial charge in [0.25, 0.3) is 0 Å². The van der Waals surface area contributed by atoms with Crippen molar-refractivity contribution in [2.24, 2.45) is 5.92 Å². The Labute approximate surface area is 68.2 Å². The lowest BCUT2D eigenvalue weighted by atomic mass is 10.1. The van der Waals surface area contributed by atoms with Gasteiger partial charge in [-0.1, -0.05) is 20.8 Å². The third kappa shape index (κ3) is 3.81. The number of ketones is 1. The normalized spacial score (nSPS) is 11.9. The van der Waals surface area contributed by atoms with Gasteiger partial charge in [0.1, 0.15) is 0 Å². The van der Waals surface area contributed by atoms with E-state index in [-0.39, 0.29) is 5.78 Å². The summed E-state index contributed by atoms with van der Waals surface area (Å²) in [6.07, 6.45) is 2.35. The van der Waals surface area contributed by atoms with Crippen LogP contribution in [0.2, 0.25) is 0 Å². The third-order valence-electron chi connectivity index (χ3n) is 1.30. The molecular formula is C9H16O2. The third-order valence-corrected chi connectivity index (χ3v) is 1.30. The van der Waals surface area contributed by atoms with Gasteiger partial charge in [0.05, 0.1) is 7.11 Å². The molecular weight excluding hydrogens is 140 g/mol.